The van der Waals surface area contributed by atoms with Crippen molar-refractivity contribution in [1.29, 1.82) is 5.26 Å². The molecule has 102 valence electrons. The maximum atomic E-state index is 11.8. The molecule has 0 bridgehead atoms. The number of carbonyl (C=O) groups excluding carboxylic acids is 2. The lowest BCUT2D eigenvalue weighted by molar-refractivity contribution is 0.0560. The second kappa shape index (κ2) is 5.55. The standard InChI is InChI=1S/C11H15N2O4PSi/c1-16-10(14)8-7(6-12)13(19(3,4)5)18-9(8)11(15)17-2/h1-5H3. The first-order valence-corrected chi connectivity index (χ1v) is 9.77. The summed E-state index contributed by atoms with van der Waals surface area (Å²) in [6.07, 6.45) is 0. The lowest BCUT2D eigenvalue weighted by atomic mass is 10.2. The summed E-state index contributed by atoms with van der Waals surface area (Å²) in [5.41, 5.74) is 0.203. The summed E-state index contributed by atoms with van der Waals surface area (Å²) in [7, 11) is 1.05. The molecule has 0 saturated carbocycles. The van der Waals surface area contributed by atoms with Gasteiger partial charge in [-0.1, -0.05) is 19.6 Å². The van der Waals surface area contributed by atoms with Crippen molar-refractivity contribution in [3.8, 4) is 6.07 Å². The van der Waals surface area contributed by atoms with E-state index in [1.165, 1.54) is 14.2 Å². The van der Waals surface area contributed by atoms with Crippen LogP contribution >= 0.6 is 8.35 Å². The van der Waals surface area contributed by atoms with Crippen LogP contribution in [0.1, 0.15) is 26.1 Å². The number of methoxy groups -OCH3 is 2. The van der Waals surface area contributed by atoms with E-state index < -0.39 is 20.2 Å². The van der Waals surface area contributed by atoms with Crippen LogP contribution in [-0.4, -0.2) is 38.4 Å². The first kappa shape index (κ1) is 15.4. The molecule has 0 aliphatic heterocycles. The molecule has 0 radical (unpaired) electrons. The molecule has 1 heterocycles. The van der Waals surface area contributed by atoms with E-state index >= 15 is 0 Å². The molecule has 1 aromatic heterocycles. The van der Waals surface area contributed by atoms with Gasteiger partial charge < -0.3 is 13.5 Å². The Kier molecular flexibility index (Phi) is 4.50. The van der Waals surface area contributed by atoms with Gasteiger partial charge in [0.1, 0.15) is 22.6 Å². The number of nitrogens with zero attached hydrogens (tertiary/aromatic N) is 2. The molecule has 0 aliphatic carbocycles. The van der Waals surface area contributed by atoms with Gasteiger partial charge in [0.25, 0.3) is 0 Å². The zero-order valence-electron chi connectivity index (χ0n) is 11.5. The highest BCUT2D eigenvalue weighted by atomic mass is 31.0. The molecule has 0 saturated heterocycles. The average molecular weight is 298 g/mol. The zero-order valence-corrected chi connectivity index (χ0v) is 13.4. The molecule has 1 rings (SSSR count). The van der Waals surface area contributed by atoms with Gasteiger partial charge in [-0.3, -0.25) is 0 Å². The largest absolute Gasteiger partial charge is 0.465 e. The van der Waals surface area contributed by atoms with Crippen molar-refractivity contribution in [2.45, 2.75) is 19.6 Å². The minimum absolute atomic E-state index is 0.0148. The Bertz CT molecular complexity index is 568. The normalized spacial score (nSPS) is 11.2. The lowest BCUT2D eigenvalue weighted by Crippen LogP contribution is -2.31. The summed E-state index contributed by atoms with van der Waals surface area (Å²) in [4.78, 5) is 23.6. The van der Waals surface area contributed by atoms with Crippen LogP contribution in [0.25, 0.3) is 0 Å². The van der Waals surface area contributed by atoms with Crippen LogP contribution in [0.2, 0.25) is 19.6 Å². The van der Waals surface area contributed by atoms with Crippen LogP contribution in [-0.2, 0) is 9.47 Å². The number of rotatable bonds is 3. The second-order valence-corrected chi connectivity index (χ2v) is 11.0. The van der Waals surface area contributed by atoms with Crippen LogP contribution in [0.4, 0.5) is 0 Å². The Morgan fingerprint density at radius 1 is 1.21 bits per heavy atom. The molecule has 0 spiro atoms. The number of hydrogen-bond donors (Lipinski definition) is 0. The van der Waals surface area contributed by atoms with Crippen LogP contribution in [0, 0.1) is 11.3 Å². The number of hydrogen-bond acceptors (Lipinski definition) is 5. The monoisotopic (exact) mass is 298 g/mol. The smallest absolute Gasteiger partial charge is 0.344 e. The summed E-state index contributed by atoms with van der Waals surface area (Å²) in [5.74, 6) is -1.30. The van der Waals surface area contributed by atoms with Gasteiger partial charge in [0.15, 0.2) is 8.24 Å². The third-order valence-corrected chi connectivity index (χ3v) is 7.00. The number of nitriles is 1. The SMILES string of the molecule is COC(=O)c1pn([Si](C)(C)C)c(C#N)c1C(=O)OC. The van der Waals surface area contributed by atoms with Crippen LogP contribution in [0.5, 0.6) is 0 Å². The molecule has 0 unspecified atom stereocenters. The fourth-order valence-electron chi connectivity index (χ4n) is 1.54. The predicted molar refractivity (Wildman–Crippen MR) is 73.1 cm³/mol. The Balaban J connectivity index is 3.66. The van der Waals surface area contributed by atoms with Crippen molar-refractivity contribution in [2.75, 3.05) is 14.2 Å². The summed E-state index contributed by atoms with van der Waals surface area (Å²) in [6, 6.07) is 2.00. The Labute approximate surface area is 114 Å². The third-order valence-electron chi connectivity index (χ3n) is 2.39. The highest BCUT2D eigenvalue weighted by molar-refractivity contribution is 7.32. The van der Waals surface area contributed by atoms with Gasteiger partial charge in [-0.15, -0.1) is 0 Å². The summed E-state index contributed by atoms with van der Waals surface area (Å²) >= 11 is 0. The van der Waals surface area contributed by atoms with Crippen molar-refractivity contribution < 1.29 is 19.1 Å². The molecular formula is C11H15N2O4PSi. The highest BCUT2D eigenvalue weighted by Crippen LogP contribution is 2.31. The van der Waals surface area contributed by atoms with Crippen molar-refractivity contribution in [1.82, 2.24) is 4.00 Å². The minimum Gasteiger partial charge on any atom is -0.465 e. The van der Waals surface area contributed by atoms with E-state index in [9.17, 15) is 14.9 Å². The number of carbonyl (C=O) groups is 2. The van der Waals surface area contributed by atoms with Gasteiger partial charge in [-0.2, -0.15) is 5.26 Å². The maximum Gasteiger partial charge on any atom is 0.344 e. The first-order chi connectivity index (χ1) is 8.77. The van der Waals surface area contributed by atoms with Gasteiger partial charge >= 0.3 is 11.9 Å². The molecule has 1 aromatic rings. The van der Waals surface area contributed by atoms with Crippen LogP contribution < -0.4 is 0 Å². The van der Waals surface area contributed by atoms with Crippen molar-refractivity contribution in [3.05, 3.63) is 16.6 Å². The highest BCUT2D eigenvalue weighted by Gasteiger charge is 2.32. The molecular weight excluding hydrogens is 283 g/mol. The average Bonchev–Trinajstić information content (AvgIpc) is 2.75. The summed E-state index contributed by atoms with van der Waals surface area (Å²) in [5, 5.41) is 9.44. The lowest BCUT2D eigenvalue weighted by Gasteiger charge is -2.18. The second-order valence-electron chi connectivity index (χ2n) is 4.75. The van der Waals surface area contributed by atoms with Crippen molar-refractivity contribution in [3.63, 3.8) is 0 Å². The van der Waals surface area contributed by atoms with E-state index in [2.05, 4.69) is 9.47 Å². The molecule has 8 heteroatoms. The van der Waals surface area contributed by atoms with Crippen LogP contribution in [0.15, 0.2) is 0 Å². The fraction of sp³-hybridized carbons (Fsp3) is 0.455. The molecule has 0 aliphatic rings. The van der Waals surface area contributed by atoms with Gasteiger partial charge in [0.2, 0.25) is 0 Å². The molecule has 19 heavy (non-hydrogen) atoms. The fourth-order valence-corrected chi connectivity index (χ4v) is 4.79. The molecule has 6 nitrogen and oxygen atoms in total. The number of ether oxygens (including phenoxy) is 2. The van der Waals surface area contributed by atoms with Gasteiger partial charge in [-0.05, 0) is 0 Å². The van der Waals surface area contributed by atoms with Gasteiger partial charge in [0, 0.05) is 8.35 Å². The molecule has 0 amide bonds. The van der Waals surface area contributed by atoms with E-state index in [1.807, 2.05) is 25.7 Å². The molecule has 0 aromatic carbocycles. The van der Waals surface area contributed by atoms with E-state index in [-0.39, 0.29) is 16.6 Å². The Morgan fingerprint density at radius 2 is 1.74 bits per heavy atom. The number of aromatic nitrogens is 1. The molecule has 0 N–H and O–H groups in total. The quantitative estimate of drug-likeness (QED) is 0.631. The zero-order chi connectivity index (χ0) is 14.8. The Morgan fingerprint density at radius 3 is 2.11 bits per heavy atom. The number of esters is 2. The molecule has 0 atom stereocenters. The van der Waals surface area contributed by atoms with Gasteiger partial charge in [0.05, 0.1) is 14.2 Å². The van der Waals surface area contributed by atoms with Crippen molar-refractivity contribution in [2.24, 2.45) is 0 Å². The van der Waals surface area contributed by atoms with Gasteiger partial charge in [-0.25, -0.2) is 9.59 Å². The minimum atomic E-state index is -1.90. The Hall–Kier alpha value is -1.64. The van der Waals surface area contributed by atoms with E-state index in [4.69, 9.17) is 0 Å². The first-order valence-electron chi connectivity index (χ1n) is 5.48. The van der Waals surface area contributed by atoms with Crippen molar-refractivity contribution >= 4 is 28.5 Å². The topological polar surface area (TPSA) is 81.3 Å². The summed E-state index contributed by atoms with van der Waals surface area (Å²) < 4.78 is 11.1. The van der Waals surface area contributed by atoms with E-state index in [0.29, 0.717) is 8.35 Å². The van der Waals surface area contributed by atoms with Crippen LogP contribution in [0.3, 0.4) is 0 Å². The maximum absolute atomic E-state index is 11.8. The summed E-state index contributed by atoms with van der Waals surface area (Å²) in [6.45, 7) is 6.06. The predicted octanol–water partition coefficient (Wildman–Crippen LogP) is 2.20. The van der Waals surface area contributed by atoms with E-state index in [0.717, 1.165) is 0 Å². The van der Waals surface area contributed by atoms with E-state index in [1.54, 1.807) is 4.00 Å². The molecule has 0 fully saturated rings. The third kappa shape index (κ3) is 2.86.